The number of nitrogen functional groups attached to an aromatic ring is 1. The van der Waals surface area contributed by atoms with Crippen molar-refractivity contribution in [3.05, 3.63) is 48.0 Å². The summed E-state index contributed by atoms with van der Waals surface area (Å²) in [6.07, 6.45) is 0.949. The van der Waals surface area contributed by atoms with Gasteiger partial charge in [-0.05, 0) is 48.9 Å². The van der Waals surface area contributed by atoms with E-state index >= 15 is 0 Å². The summed E-state index contributed by atoms with van der Waals surface area (Å²) in [5.74, 6) is 0.778. The lowest BCUT2D eigenvalue weighted by molar-refractivity contribution is 0.0697. The Hall–Kier alpha value is -2.69. The molecule has 2 rings (SSSR count). The van der Waals surface area contributed by atoms with Crippen molar-refractivity contribution in [1.29, 1.82) is 0 Å². The Morgan fingerprint density at radius 3 is 2.38 bits per heavy atom. The summed E-state index contributed by atoms with van der Waals surface area (Å²) in [6.45, 7) is 2.71. The highest BCUT2D eigenvalue weighted by molar-refractivity contribution is 5.89. The summed E-state index contributed by atoms with van der Waals surface area (Å²) in [5, 5.41) is 8.88. The molecule has 0 aliphatic heterocycles. The van der Waals surface area contributed by atoms with Crippen molar-refractivity contribution in [3.8, 4) is 17.2 Å². The summed E-state index contributed by atoms with van der Waals surface area (Å²) in [6, 6.07) is 11.5. The smallest absolute Gasteiger partial charge is 0.335 e. The van der Waals surface area contributed by atoms with E-state index < -0.39 is 5.97 Å². The van der Waals surface area contributed by atoms with Gasteiger partial charge in [0.15, 0.2) is 0 Å². The third-order valence-electron chi connectivity index (χ3n) is 2.78. The Kier molecular flexibility index (Phi) is 4.66. The summed E-state index contributed by atoms with van der Waals surface area (Å²) < 4.78 is 11.1. The molecule has 0 fully saturated rings. The van der Waals surface area contributed by atoms with Crippen molar-refractivity contribution >= 4 is 11.7 Å². The van der Waals surface area contributed by atoms with E-state index in [0.717, 1.165) is 12.2 Å². The molecule has 110 valence electrons. The second kappa shape index (κ2) is 6.65. The van der Waals surface area contributed by atoms with E-state index in [4.69, 9.17) is 20.3 Å². The SMILES string of the molecule is CCCOc1ccc(Oc2ccc(C(=O)O)cc2N)cc1. The first-order chi connectivity index (χ1) is 10.1. The number of nitrogens with two attached hydrogens (primary N) is 1. The maximum atomic E-state index is 10.8. The number of aromatic carboxylic acids is 1. The van der Waals surface area contributed by atoms with Crippen molar-refractivity contribution in [1.82, 2.24) is 0 Å². The Balaban J connectivity index is 2.09. The number of ether oxygens (including phenoxy) is 2. The maximum absolute atomic E-state index is 10.8. The number of carboxylic acid groups (broad SMARTS) is 1. The molecule has 2 aromatic rings. The number of benzene rings is 2. The van der Waals surface area contributed by atoms with Crippen molar-refractivity contribution < 1.29 is 19.4 Å². The van der Waals surface area contributed by atoms with Crippen molar-refractivity contribution in [2.75, 3.05) is 12.3 Å². The fourth-order valence-electron chi connectivity index (χ4n) is 1.73. The average molecular weight is 287 g/mol. The van der Waals surface area contributed by atoms with Crippen molar-refractivity contribution in [3.63, 3.8) is 0 Å². The van der Waals surface area contributed by atoms with Gasteiger partial charge in [0.2, 0.25) is 0 Å². The molecule has 0 bridgehead atoms. The van der Waals surface area contributed by atoms with Crippen LogP contribution in [0.3, 0.4) is 0 Å². The minimum Gasteiger partial charge on any atom is -0.494 e. The van der Waals surface area contributed by atoms with Gasteiger partial charge in [0.25, 0.3) is 0 Å². The Labute approximate surface area is 122 Å². The van der Waals surface area contributed by atoms with Crippen molar-refractivity contribution in [2.45, 2.75) is 13.3 Å². The molecular weight excluding hydrogens is 270 g/mol. The molecule has 0 unspecified atom stereocenters. The molecule has 2 aromatic carbocycles. The molecule has 5 heteroatoms. The minimum atomic E-state index is -1.02. The lowest BCUT2D eigenvalue weighted by Gasteiger charge is -2.10. The number of carbonyl (C=O) groups is 1. The number of anilines is 1. The summed E-state index contributed by atoms with van der Waals surface area (Å²) in [4.78, 5) is 10.8. The molecule has 0 saturated carbocycles. The zero-order valence-corrected chi connectivity index (χ0v) is 11.7. The van der Waals surface area contributed by atoms with Crippen molar-refractivity contribution in [2.24, 2.45) is 0 Å². The molecule has 3 N–H and O–H groups in total. The second-order valence-electron chi connectivity index (χ2n) is 4.48. The zero-order chi connectivity index (χ0) is 15.2. The number of hydrogen-bond acceptors (Lipinski definition) is 4. The molecule has 0 saturated heterocycles. The molecule has 0 atom stereocenters. The first-order valence-electron chi connectivity index (χ1n) is 6.63. The molecule has 0 aliphatic carbocycles. The predicted octanol–water partition coefficient (Wildman–Crippen LogP) is 3.55. The van der Waals surface area contributed by atoms with Crippen LogP contribution in [0.25, 0.3) is 0 Å². The fourth-order valence-corrected chi connectivity index (χ4v) is 1.73. The van der Waals surface area contributed by atoms with Crippen LogP contribution in [0.1, 0.15) is 23.7 Å². The van der Waals surface area contributed by atoms with E-state index in [2.05, 4.69) is 0 Å². The van der Waals surface area contributed by atoms with Crippen LogP contribution in [0.5, 0.6) is 17.2 Å². The largest absolute Gasteiger partial charge is 0.494 e. The third kappa shape index (κ3) is 3.89. The Morgan fingerprint density at radius 2 is 1.81 bits per heavy atom. The van der Waals surface area contributed by atoms with E-state index in [9.17, 15) is 4.79 Å². The van der Waals surface area contributed by atoms with Gasteiger partial charge in [0.05, 0.1) is 17.9 Å². The van der Waals surface area contributed by atoms with E-state index in [1.54, 1.807) is 18.2 Å². The molecule has 21 heavy (non-hydrogen) atoms. The van der Waals surface area contributed by atoms with Crippen LogP contribution < -0.4 is 15.2 Å². The van der Waals surface area contributed by atoms with Gasteiger partial charge in [0.1, 0.15) is 17.2 Å². The van der Waals surface area contributed by atoms with Gasteiger partial charge in [-0.3, -0.25) is 0 Å². The average Bonchev–Trinajstić information content (AvgIpc) is 2.48. The van der Waals surface area contributed by atoms with E-state index in [1.807, 2.05) is 19.1 Å². The maximum Gasteiger partial charge on any atom is 0.335 e. The van der Waals surface area contributed by atoms with Gasteiger partial charge in [-0.25, -0.2) is 4.79 Å². The standard InChI is InChI=1S/C16H17NO4/c1-2-9-20-12-4-6-13(7-5-12)21-15-8-3-11(16(18)19)10-14(15)17/h3-8,10H,2,9,17H2,1H3,(H,18,19). The second-order valence-corrected chi connectivity index (χ2v) is 4.48. The van der Waals surface area contributed by atoms with Crippen LogP contribution >= 0.6 is 0 Å². The third-order valence-corrected chi connectivity index (χ3v) is 2.78. The molecular formula is C16H17NO4. The molecule has 0 spiro atoms. The van der Waals surface area contributed by atoms with Crippen LogP contribution in [0.4, 0.5) is 5.69 Å². The van der Waals surface area contributed by atoms with Gasteiger partial charge < -0.3 is 20.3 Å². The highest BCUT2D eigenvalue weighted by Crippen LogP contribution is 2.29. The molecule has 0 aromatic heterocycles. The summed E-state index contributed by atoms with van der Waals surface area (Å²) in [7, 11) is 0. The van der Waals surface area contributed by atoms with E-state index in [-0.39, 0.29) is 11.3 Å². The topological polar surface area (TPSA) is 81.8 Å². The molecule has 0 amide bonds. The lowest BCUT2D eigenvalue weighted by atomic mass is 10.2. The van der Waals surface area contributed by atoms with Gasteiger partial charge in [-0.1, -0.05) is 6.92 Å². The van der Waals surface area contributed by atoms with Gasteiger partial charge in [-0.15, -0.1) is 0 Å². The van der Waals surface area contributed by atoms with Crippen LogP contribution in [-0.4, -0.2) is 17.7 Å². The fraction of sp³-hybridized carbons (Fsp3) is 0.188. The first-order valence-corrected chi connectivity index (χ1v) is 6.63. The monoisotopic (exact) mass is 287 g/mol. The van der Waals surface area contributed by atoms with E-state index in [0.29, 0.717) is 18.1 Å². The molecule has 0 heterocycles. The highest BCUT2D eigenvalue weighted by atomic mass is 16.5. The van der Waals surface area contributed by atoms with Crippen LogP contribution in [0.15, 0.2) is 42.5 Å². The van der Waals surface area contributed by atoms with Crippen LogP contribution in [0.2, 0.25) is 0 Å². The van der Waals surface area contributed by atoms with Gasteiger partial charge >= 0.3 is 5.97 Å². The number of carboxylic acids is 1. The first kappa shape index (κ1) is 14.7. The molecule has 5 nitrogen and oxygen atoms in total. The highest BCUT2D eigenvalue weighted by Gasteiger charge is 2.08. The molecule has 0 aliphatic rings. The lowest BCUT2D eigenvalue weighted by Crippen LogP contribution is -1.99. The zero-order valence-electron chi connectivity index (χ0n) is 11.7. The number of rotatable bonds is 6. The van der Waals surface area contributed by atoms with Gasteiger partial charge in [-0.2, -0.15) is 0 Å². The normalized spacial score (nSPS) is 10.1. The van der Waals surface area contributed by atoms with Crippen LogP contribution in [-0.2, 0) is 0 Å². The minimum absolute atomic E-state index is 0.128. The van der Waals surface area contributed by atoms with Gasteiger partial charge in [0, 0.05) is 0 Å². The molecule has 0 radical (unpaired) electrons. The summed E-state index contributed by atoms with van der Waals surface area (Å²) in [5.41, 5.74) is 6.20. The summed E-state index contributed by atoms with van der Waals surface area (Å²) >= 11 is 0. The Morgan fingerprint density at radius 1 is 1.14 bits per heavy atom. The Bertz CT molecular complexity index is 623. The van der Waals surface area contributed by atoms with Crippen LogP contribution in [0, 0.1) is 0 Å². The number of hydrogen-bond donors (Lipinski definition) is 2. The predicted molar refractivity (Wildman–Crippen MR) is 80.1 cm³/mol. The quantitative estimate of drug-likeness (QED) is 0.794. The van der Waals surface area contributed by atoms with E-state index in [1.165, 1.54) is 12.1 Å².